The summed E-state index contributed by atoms with van der Waals surface area (Å²) in [7, 11) is 0. The van der Waals surface area contributed by atoms with Crippen molar-refractivity contribution in [2.75, 3.05) is 0 Å². The van der Waals surface area contributed by atoms with E-state index in [1.165, 1.54) is 0 Å². The predicted molar refractivity (Wildman–Crippen MR) is 51.8 cm³/mol. The number of hydrogen-bond acceptors (Lipinski definition) is 2. The predicted octanol–water partition coefficient (Wildman–Crippen LogP) is 3.51. The van der Waals surface area contributed by atoms with Gasteiger partial charge in [0.15, 0.2) is 5.82 Å². The van der Waals surface area contributed by atoms with Crippen molar-refractivity contribution in [3.05, 3.63) is 35.7 Å². The van der Waals surface area contributed by atoms with Gasteiger partial charge >= 0.3 is 12.4 Å². The average molecular weight is 281 g/mol. The molecule has 0 spiro atoms. The fourth-order valence-corrected chi connectivity index (χ4v) is 1.33. The summed E-state index contributed by atoms with van der Waals surface area (Å²) < 4.78 is 73.7. The van der Waals surface area contributed by atoms with Crippen LogP contribution in [0.4, 0.5) is 26.3 Å². The van der Waals surface area contributed by atoms with E-state index in [1.54, 1.807) is 5.10 Å². The van der Waals surface area contributed by atoms with Crippen LogP contribution in [0.5, 0.6) is 0 Å². The first-order valence-corrected chi connectivity index (χ1v) is 4.85. The Morgan fingerprint density at radius 2 is 1.42 bits per heavy atom. The Morgan fingerprint density at radius 1 is 0.842 bits per heavy atom. The number of nitrogens with zero attached hydrogens (tertiary/aromatic N) is 2. The number of nitrogens with one attached hydrogen (secondary N) is 1. The SMILES string of the molecule is FC(F)(F)c1ccc(-c2n[nH]c(C(F)(F)F)n2)cc1. The first-order chi connectivity index (χ1) is 8.68. The lowest BCUT2D eigenvalue weighted by Crippen LogP contribution is -2.07. The van der Waals surface area contributed by atoms with Gasteiger partial charge in [-0.25, -0.2) is 4.98 Å². The normalized spacial score (nSPS) is 12.7. The van der Waals surface area contributed by atoms with Crippen LogP contribution in [0.15, 0.2) is 24.3 Å². The number of benzene rings is 1. The van der Waals surface area contributed by atoms with Crippen molar-refractivity contribution >= 4 is 0 Å². The first-order valence-electron chi connectivity index (χ1n) is 4.85. The van der Waals surface area contributed by atoms with Gasteiger partial charge < -0.3 is 0 Å². The summed E-state index contributed by atoms with van der Waals surface area (Å²) in [6.45, 7) is 0. The molecule has 0 radical (unpaired) electrons. The minimum absolute atomic E-state index is 0.0553. The zero-order chi connectivity index (χ0) is 14.3. The zero-order valence-electron chi connectivity index (χ0n) is 8.97. The third-order valence-corrected chi connectivity index (χ3v) is 2.22. The van der Waals surface area contributed by atoms with E-state index in [4.69, 9.17) is 0 Å². The molecule has 0 unspecified atom stereocenters. The average Bonchev–Trinajstić information content (AvgIpc) is 2.77. The van der Waals surface area contributed by atoms with Crippen LogP contribution in [-0.2, 0) is 12.4 Å². The summed E-state index contributed by atoms with van der Waals surface area (Å²) in [5.74, 6) is -1.62. The molecule has 0 fully saturated rings. The summed E-state index contributed by atoms with van der Waals surface area (Å²) in [6, 6.07) is 3.51. The maximum atomic E-state index is 12.3. The van der Waals surface area contributed by atoms with Crippen molar-refractivity contribution < 1.29 is 26.3 Å². The monoisotopic (exact) mass is 281 g/mol. The van der Waals surface area contributed by atoms with Crippen LogP contribution >= 0.6 is 0 Å². The Balaban J connectivity index is 2.31. The van der Waals surface area contributed by atoms with Crippen LogP contribution in [0.1, 0.15) is 11.4 Å². The van der Waals surface area contributed by atoms with Gasteiger partial charge in [-0.1, -0.05) is 12.1 Å². The molecule has 9 heteroatoms. The summed E-state index contributed by atoms with van der Waals surface area (Å²) in [6.07, 6.45) is -9.19. The van der Waals surface area contributed by atoms with Gasteiger partial charge in [-0.2, -0.15) is 31.4 Å². The van der Waals surface area contributed by atoms with E-state index >= 15 is 0 Å². The molecule has 19 heavy (non-hydrogen) atoms. The van der Waals surface area contributed by atoms with Crippen molar-refractivity contribution in [3.8, 4) is 11.4 Å². The van der Waals surface area contributed by atoms with Gasteiger partial charge in [0, 0.05) is 5.56 Å². The number of H-pyrrole nitrogens is 1. The molecule has 0 bridgehead atoms. The van der Waals surface area contributed by atoms with Crippen molar-refractivity contribution in [2.45, 2.75) is 12.4 Å². The van der Waals surface area contributed by atoms with Crippen LogP contribution in [0.2, 0.25) is 0 Å². The van der Waals surface area contributed by atoms with Crippen LogP contribution in [-0.4, -0.2) is 15.2 Å². The molecule has 1 heterocycles. The highest BCUT2D eigenvalue weighted by atomic mass is 19.4. The lowest BCUT2D eigenvalue weighted by atomic mass is 10.1. The highest BCUT2D eigenvalue weighted by molar-refractivity contribution is 5.55. The molecule has 3 nitrogen and oxygen atoms in total. The highest BCUT2D eigenvalue weighted by Crippen LogP contribution is 2.31. The first kappa shape index (κ1) is 13.4. The number of halogens is 6. The number of alkyl halides is 6. The Hall–Kier alpha value is -2.06. The quantitative estimate of drug-likeness (QED) is 0.813. The lowest BCUT2D eigenvalue weighted by molar-refractivity contribution is -0.144. The number of aromatic nitrogens is 3. The maximum Gasteiger partial charge on any atom is 0.451 e. The summed E-state index contributed by atoms with van der Waals surface area (Å²) in [5.41, 5.74) is -0.845. The third kappa shape index (κ3) is 2.85. The summed E-state index contributed by atoms with van der Waals surface area (Å²) in [5, 5.41) is 4.99. The van der Waals surface area contributed by atoms with E-state index in [-0.39, 0.29) is 11.4 Å². The van der Waals surface area contributed by atoms with Crippen LogP contribution in [0.25, 0.3) is 11.4 Å². The molecular weight excluding hydrogens is 276 g/mol. The standard InChI is InChI=1S/C10H5F6N3/c11-9(12,13)6-3-1-5(2-4-6)7-17-8(19-18-7)10(14,15)16/h1-4H,(H,17,18,19). The van der Waals surface area contributed by atoms with Gasteiger partial charge in [0.1, 0.15) is 0 Å². The molecule has 1 N–H and O–H groups in total. The lowest BCUT2D eigenvalue weighted by Gasteiger charge is -2.06. The minimum atomic E-state index is -4.68. The molecule has 0 atom stereocenters. The molecule has 1 aromatic heterocycles. The van der Waals surface area contributed by atoms with E-state index in [2.05, 4.69) is 10.1 Å². The van der Waals surface area contributed by atoms with Gasteiger partial charge in [0.25, 0.3) is 0 Å². The molecule has 1 aromatic carbocycles. The van der Waals surface area contributed by atoms with E-state index in [0.717, 1.165) is 24.3 Å². The summed E-state index contributed by atoms with van der Waals surface area (Å²) in [4.78, 5) is 3.17. The minimum Gasteiger partial charge on any atom is -0.255 e. The molecule has 0 saturated heterocycles. The molecule has 2 rings (SSSR count). The van der Waals surface area contributed by atoms with E-state index in [1.807, 2.05) is 0 Å². The largest absolute Gasteiger partial charge is 0.451 e. The fraction of sp³-hybridized carbons (Fsp3) is 0.200. The molecule has 0 aliphatic rings. The Bertz CT molecular complexity index is 566. The molecule has 0 saturated carbocycles. The molecule has 102 valence electrons. The van der Waals surface area contributed by atoms with Gasteiger partial charge in [-0.15, -0.1) is 0 Å². The van der Waals surface area contributed by atoms with Gasteiger partial charge in [-0.05, 0) is 12.1 Å². The van der Waals surface area contributed by atoms with E-state index in [9.17, 15) is 26.3 Å². The molecular formula is C10H5F6N3. The smallest absolute Gasteiger partial charge is 0.255 e. The number of rotatable bonds is 1. The molecule has 0 aliphatic heterocycles. The number of hydrogen-bond donors (Lipinski definition) is 1. The molecule has 0 aliphatic carbocycles. The number of aromatic amines is 1. The second kappa shape index (κ2) is 4.25. The van der Waals surface area contributed by atoms with E-state index in [0.29, 0.717) is 0 Å². The van der Waals surface area contributed by atoms with Crippen molar-refractivity contribution in [3.63, 3.8) is 0 Å². The fourth-order valence-electron chi connectivity index (χ4n) is 1.33. The summed E-state index contributed by atoms with van der Waals surface area (Å²) >= 11 is 0. The Morgan fingerprint density at radius 3 is 1.84 bits per heavy atom. The van der Waals surface area contributed by atoms with Gasteiger partial charge in [0.05, 0.1) is 5.56 Å². The second-order valence-electron chi connectivity index (χ2n) is 3.58. The van der Waals surface area contributed by atoms with Crippen LogP contribution in [0.3, 0.4) is 0 Å². The van der Waals surface area contributed by atoms with Gasteiger partial charge in [-0.3, -0.25) is 5.10 Å². The Kier molecular flexibility index (Phi) is 2.99. The zero-order valence-corrected chi connectivity index (χ0v) is 8.97. The van der Waals surface area contributed by atoms with Crippen LogP contribution in [0, 0.1) is 0 Å². The maximum absolute atomic E-state index is 12.3. The van der Waals surface area contributed by atoms with Crippen molar-refractivity contribution in [1.29, 1.82) is 0 Å². The van der Waals surface area contributed by atoms with Crippen molar-refractivity contribution in [2.24, 2.45) is 0 Å². The topological polar surface area (TPSA) is 41.6 Å². The molecule has 0 amide bonds. The van der Waals surface area contributed by atoms with Gasteiger partial charge in [0.2, 0.25) is 5.82 Å². The Labute approximate surface area is 102 Å². The second-order valence-corrected chi connectivity index (χ2v) is 3.58. The third-order valence-electron chi connectivity index (χ3n) is 2.22. The van der Waals surface area contributed by atoms with Crippen molar-refractivity contribution in [1.82, 2.24) is 15.2 Å². The molecule has 2 aromatic rings. The van der Waals surface area contributed by atoms with Crippen LogP contribution < -0.4 is 0 Å². The van der Waals surface area contributed by atoms with E-state index < -0.39 is 23.7 Å². The highest BCUT2D eigenvalue weighted by Gasteiger charge is 2.35.